The minimum Gasteiger partial charge on any atom is -0.465 e. The summed E-state index contributed by atoms with van der Waals surface area (Å²) in [5, 5.41) is 2.17. The first kappa shape index (κ1) is 25.5. The van der Waals surface area contributed by atoms with Crippen LogP contribution in [-0.4, -0.2) is 25.3 Å². The van der Waals surface area contributed by atoms with Gasteiger partial charge in [0.25, 0.3) is 5.91 Å². The van der Waals surface area contributed by atoms with Gasteiger partial charge >= 0.3 is 18.3 Å². The summed E-state index contributed by atoms with van der Waals surface area (Å²) < 4.78 is 83.4. The number of carbonyl (C=O) groups excluding carboxylic acids is 3. The van der Waals surface area contributed by atoms with Crippen molar-refractivity contribution in [2.75, 3.05) is 12.4 Å². The third-order valence-electron chi connectivity index (χ3n) is 4.88. The smallest absolute Gasteiger partial charge is 0.416 e. The van der Waals surface area contributed by atoms with Crippen LogP contribution in [0.1, 0.15) is 42.2 Å². The zero-order valence-electron chi connectivity index (χ0n) is 17.8. The van der Waals surface area contributed by atoms with Gasteiger partial charge in [-0.2, -0.15) is 26.3 Å². The first-order valence-corrected chi connectivity index (χ1v) is 9.72. The van der Waals surface area contributed by atoms with Crippen molar-refractivity contribution in [2.45, 2.75) is 12.4 Å². The number of aldehydes is 1. The van der Waals surface area contributed by atoms with E-state index >= 15 is 0 Å². The normalized spacial score (nSPS) is 11.6. The number of nitrogens with one attached hydrogen (secondary N) is 1. The summed E-state index contributed by atoms with van der Waals surface area (Å²) >= 11 is 0. The van der Waals surface area contributed by atoms with Crippen molar-refractivity contribution in [2.24, 2.45) is 0 Å². The standard InChI is InChI=1S/C24H15F6NO4/c1-35-22(34)19-10-15(14-4-2-3-13(7-14)12-32)5-6-20(19)31-21(33)16-8-17(23(25,26)27)11-18(9-16)24(28,29)30/h2-12H,1H3,(H,31,33). The minimum atomic E-state index is -5.13. The van der Waals surface area contributed by atoms with Crippen LogP contribution >= 0.6 is 0 Å². The van der Waals surface area contributed by atoms with Crippen molar-refractivity contribution in [3.63, 3.8) is 0 Å². The second-order valence-electron chi connectivity index (χ2n) is 7.24. The number of carbonyl (C=O) groups is 3. The maximum absolute atomic E-state index is 13.1. The fourth-order valence-corrected chi connectivity index (χ4v) is 3.18. The molecule has 3 rings (SSSR count). The van der Waals surface area contributed by atoms with Crippen LogP contribution in [0.3, 0.4) is 0 Å². The number of ether oxygens (including phenoxy) is 1. The van der Waals surface area contributed by atoms with Gasteiger partial charge in [0.05, 0.1) is 29.5 Å². The van der Waals surface area contributed by atoms with Gasteiger partial charge in [-0.15, -0.1) is 0 Å². The maximum Gasteiger partial charge on any atom is 0.416 e. The highest BCUT2D eigenvalue weighted by Gasteiger charge is 2.37. The van der Waals surface area contributed by atoms with Crippen molar-refractivity contribution in [3.05, 3.63) is 88.5 Å². The van der Waals surface area contributed by atoms with Crippen molar-refractivity contribution >= 4 is 23.9 Å². The van der Waals surface area contributed by atoms with Gasteiger partial charge in [-0.1, -0.05) is 24.3 Å². The number of halogens is 6. The topological polar surface area (TPSA) is 72.5 Å². The Balaban J connectivity index is 2.04. The summed E-state index contributed by atoms with van der Waals surface area (Å²) in [6.07, 6.45) is -9.65. The average molecular weight is 495 g/mol. The van der Waals surface area contributed by atoms with Gasteiger partial charge in [0.1, 0.15) is 6.29 Å². The summed E-state index contributed by atoms with van der Waals surface area (Å²) in [6.45, 7) is 0. The average Bonchev–Trinajstić information content (AvgIpc) is 2.82. The van der Waals surface area contributed by atoms with Gasteiger partial charge in [0.15, 0.2) is 0 Å². The molecule has 0 saturated carbocycles. The van der Waals surface area contributed by atoms with Crippen LogP contribution in [0.2, 0.25) is 0 Å². The van der Waals surface area contributed by atoms with Gasteiger partial charge in [0.2, 0.25) is 0 Å². The van der Waals surface area contributed by atoms with Gasteiger partial charge in [-0.3, -0.25) is 9.59 Å². The van der Waals surface area contributed by atoms with Gasteiger partial charge in [0, 0.05) is 11.1 Å². The molecule has 0 saturated heterocycles. The van der Waals surface area contributed by atoms with E-state index in [0.717, 1.165) is 7.11 Å². The number of benzene rings is 3. The second kappa shape index (κ2) is 9.61. The lowest BCUT2D eigenvalue weighted by atomic mass is 9.99. The molecule has 0 aromatic heterocycles. The fraction of sp³-hybridized carbons (Fsp3) is 0.125. The lowest BCUT2D eigenvalue weighted by Gasteiger charge is -2.15. The van der Waals surface area contributed by atoms with E-state index in [2.05, 4.69) is 10.1 Å². The highest BCUT2D eigenvalue weighted by molar-refractivity contribution is 6.08. The number of esters is 1. The monoisotopic (exact) mass is 495 g/mol. The molecule has 0 aliphatic heterocycles. The largest absolute Gasteiger partial charge is 0.465 e. The summed E-state index contributed by atoms with van der Waals surface area (Å²) in [5.41, 5.74) is -3.32. The van der Waals surface area contributed by atoms with E-state index in [9.17, 15) is 40.7 Å². The third kappa shape index (κ3) is 5.86. The summed E-state index contributed by atoms with van der Waals surface area (Å²) in [7, 11) is 1.05. The van der Waals surface area contributed by atoms with Crippen LogP contribution in [-0.2, 0) is 17.1 Å². The van der Waals surface area contributed by atoms with Crippen LogP contribution in [0, 0.1) is 0 Å². The first-order chi connectivity index (χ1) is 16.3. The molecule has 0 radical (unpaired) electrons. The molecule has 0 spiro atoms. The van der Waals surface area contributed by atoms with Crippen molar-refractivity contribution in [1.29, 1.82) is 0 Å². The number of alkyl halides is 6. The molecule has 0 fully saturated rings. The second-order valence-corrected chi connectivity index (χ2v) is 7.24. The quantitative estimate of drug-likeness (QED) is 0.258. The molecule has 1 N–H and O–H groups in total. The van der Waals surface area contributed by atoms with E-state index in [1.165, 1.54) is 24.3 Å². The first-order valence-electron chi connectivity index (χ1n) is 9.72. The molecule has 182 valence electrons. The number of rotatable bonds is 5. The highest BCUT2D eigenvalue weighted by Crippen LogP contribution is 2.36. The Bertz CT molecular complexity index is 1270. The number of amides is 1. The van der Waals surface area contributed by atoms with Crippen LogP contribution in [0.15, 0.2) is 60.7 Å². The minimum absolute atomic E-state index is 0.0983. The van der Waals surface area contributed by atoms with E-state index in [-0.39, 0.29) is 29.4 Å². The molecule has 35 heavy (non-hydrogen) atoms. The Morgan fingerprint density at radius 1 is 0.829 bits per heavy atom. The molecular weight excluding hydrogens is 480 g/mol. The third-order valence-corrected chi connectivity index (χ3v) is 4.88. The van der Waals surface area contributed by atoms with Crippen LogP contribution in [0.25, 0.3) is 11.1 Å². The Kier molecular flexibility index (Phi) is 6.99. The van der Waals surface area contributed by atoms with Crippen molar-refractivity contribution in [3.8, 4) is 11.1 Å². The molecular formula is C24H15F6NO4. The van der Waals surface area contributed by atoms with Gasteiger partial charge in [-0.05, 0) is 47.5 Å². The van der Waals surface area contributed by atoms with Crippen molar-refractivity contribution in [1.82, 2.24) is 0 Å². The summed E-state index contributed by atoms with van der Waals surface area (Å²) in [6, 6.07) is 10.8. The molecule has 11 heteroatoms. The van der Waals surface area contributed by atoms with Crippen LogP contribution < -0.4 is 5.32 Å². The zero-order valence-corrected chi connectivity index (χ0v) is 17.8. The maximum atomic E-state index is 13.1. The number of hydrogen-bond acceptors (Lipinski definition) is 4. The lowest BCUT2D eigenvalue weighted by Crippen LogP contribution is -2.18. The molecule has 3 aromatic rings. The van der Waals surface area contributed by atoms with E-state index in [4.69, 9.17) is 0 Å². The van der Waals surface area contributed by atoms with E-state index in [1.807, 2.05) is 0 Å². The van der Waals surface area contributed by atoms with Crippen LogP contribution in [0.5, 0.6) is 0 Å². The molecule has 1 amide bonds. The number of anilines is 1. The number of methoxy groups -OCH3 is 1. The molecule has 5 nitrogen and oxygen atoms in total. The molecule has 0 bridgehead atoms. The molecule has 0 aliphatic carbocycles. The SMILES string of the molecule is COC(=O)c1cc(-c2cccc(C=O)c2)ccc1NC(=O)c1cc(C(F)(F)F)cc(C(F)(F)F)c1. The number of hydrogen-bond donors (Lipinski definition) is 1. The lowest BCUT2D eigenvalue weighted by molar-refractivity contribution is -0.143. The van der Waals surface area contributed by atoms with E-state index in [1.54, 1.807) is 18.2 Å². The molecule has 3 aromatic carbocycles. The Morgan fingerprint density at radius 3 is 1.97 bits per heavy atom. The molecule has 0 heterocycles. The summed E-state index contributed by atoms with van der Waals surface area (Å²) in [5.74, 6) is -2.23. The Morgan fingerprint density at radius 2 is 1.43 bits per heavy atom. The predicted molar refractivity (Wildman–Crippen MR) is 113 cm³/mol. The molecule has 0 unspecified atom stereocenters. The van der Waals surface area contributed by atoms with Crippen LogP contribution in [0.4, 0.5) is 32.0 Å². The van der Waals surface area contributed by atoms with Gasteiger partial charge < -0.3 is 10.1 Å². The van der Waals surface area contributed by atoms with E-state index in [0.29, 0.717) is 23.0 Å². The summed E-state index contributed by atoms with van der Waals surface area (Å²) in [4.78, 5) is 36.0. The Hall–Kier alpha value is -4.15. The molecule has 0 aliphatic rings. The Labute approximate surface area is 194 Å². The predicted octanol–water partition coefficient (Wildman–Crippen LogP) is 6.24. The fourth-order valence-electron chi connectivity index (χ4n) is 3.18. The highest BCUT2D eigenvalue weighted by atomic mass is 19.4. The molecule has 0 atom stereocenters. The zero-order chi connectivity index (χ0) is 26.0. The van der Waals surface area contributed by atoms with E-state index < -0.39 is 40.9 Å². The van der Waals surface area contributed by atoms with Gasteiger partial charge in [-0.25, -0.2) is 4.79 Å². The van der Waals surface area contributed by atoms with Crippen molar-refractivity contribution < 1.29 is 45.5 Å².